The zero-order valence-electron chi connectivity index (χ0n) is 9.66. The smallest absolute Gasteiger partial charge is 0.409 e. The van der Waals surface area contributed by atoms with Gasteiger partial charge in [0.15, 0.2) is 0 Å². The number of carbonyl (C=O) groups is 3. The Morgan fingerprint density at radius 2 is 1.69 bits per heavy atom. The van der Waals surface area contributed by atoms with Crippen molar-refractivity contribution in [2.75, 3.05) is 0 Å². The van der Waals surface area contributed by atoms with Crippen molar-refractivity contribution in [3.05, 3.63) is 0 Å². The van der Waals surface area contributed by atoms with E-state index in [4.69, 9.17) is 9.84 Å². The molecule has 3 N–H and O–H groups in total. The average Bonchev–Trinajstić information content (AvgIpc) is 1.97. The van der Waals surface area contributed by atoms with Gasteiger partial charge in [-0.05, 0) is 20.8 Å². The summed E-state index contributed by atoms with van der Waals surface area (Å²) in [7, 11) is 0. The number of hydrogen-bond donors (Lipinski definition) is 3. The van der Waals surface area contributed by atoms with Crippen molar-refractivity contribution in [3.63, 3.8) is 0 Å². The number of nitrogens with one attached hydrogen (secondary N) is 2. The highest BCUT2D eigenvalue weighted by atomic mass is 16.6. The number of alkyl carbamates (subject to hydrolysis) is 1. The summed E-state index contributed by atoms with van der Waals surface area (Å²) in [6, 6.07) is 0. The maximum absolute atomic E-state index is 11.2. The van der Waals surface area contributed by atoms with Crippen LogP contribution in [0.5, 0.6) is 0 Å². The summed E-state index contributed by atoms with van der Waals surface area (Å²) >= 11 is 0. The van der Waals surface area contributed by atoms with E-state index < -0.39 is 29.7 Å². The third-order valence-electron chi connectivity index (χ3n) is 1.26. The lowest BCUT2D eigenvalue weighted by atomic mass is 10.2. The average molecular weight is 232 g/mol. The molecule has 0 heterocycles. The van der Waals surface area contributed by atoms with E-state index in [2.05, 4.69) is 0 Å². The van der Waals surface area contributed by atoms with Crippen LogP contribution in [-0.4, -0.2) is 34.8 Å². The van der Waals surface area contributed by atoms with Crippen molar-refractivity contribution < 1.29 is 24.2 Å². The molecular weight excluding hydrogens is 216 g/mol. The van der Waals surface area contributed by atoms with E-state index in [1.165, 1.54) is 0 Å². The molecule has 0 aromatic carbocycles. The molecular formula is C9H16N2O5. The molecule has 0 saturated carbocycles. The van der Waals surface area contributed by atoms with Crippen LogP contribution in [0.2, 0.25) is 0 Å². The molecule has 7 heteroatoms. The number of carboxylic acids is 1. The second-order valence-electron chi connectivity index (χ2n) is 4.12. The summed E-state index contributed by atoms with van der Waals surface area (Å²) in [5, 5.41) is 12.7. The summed E-state index contributed by atoms with van der Waals surface area (Å²) in [5.41, 5.74) is -0.733. The van der Waals surface area contributed by atoms with Gasteiger partial charge in [0.2, 0.25) is 12.1 Å². The van der Waals surface area contributed by atoms with E-state index in [0.717, 1.165) is 6.92 Å². The number of carboxylic acid groups (broad SMARTS) is 1. The van der Waals surface area contributed by atoms with Crippen LogP contribution >= 0.6 is 0 Å². The van der Waals surface area contributed by atoms with Crippen molar-refractivity contribution >= 4 is 18.0 Å². The van der Waals surface area contributed by atoms with Gasteiger partial charge >= 0.3 is 12.1 Å². The van der Waals surface area contributed by atoms with Gasteiger partial charge in [0.1, 0.15) is 5.60 Å². The Morgan fingerprint density at radius 1 is 1.19 bits per heavy atom. The molecule has 0 fully saturated rings. The molecule has 0 saturated heterocycles. The van der Waals surface area contributed by atoms with E-state index >= 15 is 0 Å². The van der Waals surface area contributed by atoms with Crippen molar-refractivity contribution in [2.45, 2.75) is 39.5 Å². The van der Waals surface area contributed by atoms with Gasteiger partial charge in [-0.3, -0.25) is 10.1 Å². The summed E-state index contributed by atoms with van der Waals surface area (Å²) in [4.78, 5) is 32.5. The summed E-state index contributed by atoms with van der Waals surface area (Å²) in [5.74, 6) is -1.94. The van der Waals surface area contributed by atoms with E-state index in [9.17, 15) is 14.4 Å². The van der Waals surface area contributed by atoms with Gasteiger partial charge < -0.3 is 15.2 Å². The van der Waals surface area contributed by atoms with Crippen LogP contribution in [0.4, 0.5) is 4.79 Å². The van der Waals surface area contributed by atoms with E-state index in [0.29, 0.717) is 0 Å². The molecule has 0 aromatic rings. The molecule has 0 radical (unpaired) electrons. The second-order valence-corrected chi connectivity index (χ2v) is 4.12. The predicted octanol–water partition coefficient (Wildman–Crippen LogP) is 0.0579. The predicted molar refractivity (Wildman–Crippen MR) is 54.6 cm³/mol. The summed E-state index contributed by atoms with van der Waals surface area (Å²) in [6.07, 6.45) is -2.40. The molecule has 0 spiro atoms. The van der Waals surface area contributed by atoms with Crippen LogP contribution in [0, 0.1) is 0 Å². The molecule has 92 valence electrons. The SMILES string of the molecule is CC(=O)NC(NC(=O)OC(C)(C)C)C(=O)O. The Balaban J connectivity index is 4.35. The number of rotatable bonds is 3. The number of carbonyl (C=O) groups excluding carboxylic acids is 2. The first-order valence-electron chi connectivity index (χ1n) is 4.61. The maximum Gasteiger partial charge on any atom is 0.409 e. The van der Waals surface area contributed by atoms with Gasteiger partial charge in [0.25, 0.3) is 0 Å². The largest absolute Gasteiger partial charge is 0.478 e. The zero-order chi connectivity index (χ0) is 12.9. The fourth-order valence-corrected chi connectivity index (χ4v) is 0.788. The van der Waals surface area contributed by atoms with Crippen molar-refractivity contribution in [2.24, 2.45) is 0 Å². The molecule has 0 aliphatic rings. The molecule has 2 amide bonds. The van der Waals surface area contributed by atoms with E-state index in [1.807, 2.05) is 10.6 Å². The normalized spacial score (nSPS) is 12.5. The van der Waals surface area contributed by atoms with Gasteiger partial charge in [-0.2, -0.15) is 0 Å². The summed E-state index contributed by atoms with van der Waals surface area (Å²) < 4.78 is 4.84. The van der Waals surface area contributed by atoms with Gasteiger partial charge in [-0.1, -0.05) is 0 Å². The van der Waals surface area contributed by atoms with Crippen molar-refractivity contribution in [1.29, 1.82) is 0 Å². The Hall–Kier alpha value is -1.79. The molecule has 1 atom stereocenters. The van der Waals surface area contributed by atoms with Crippen LogP contribution in [0.1, 0.15) is 27.7 Å². The quantitative estimate of drug-likeness (QED) is 0.597. The Morgan fingerprint density at radius 3 is 2.00 bits per heavy atom. The maximum atomic E-state index is 11.2. The topological polar surface area (TPSA) is 105 Å². The Labute approximate surface area is 93.2 Å². The monoisotopic (exact) mass is 232 g/mol. The van der Waals surface area contributed by atoms with Crippen molar-refractivity contribution in [3.8, 4) is 0 Å². The van der Waals surface area contributed by atoms with Crippen LogP contribution in [0.3, 0.4) is 0 Å². The van der Waals surface area contributed by atoms with Crippen LogP contribution in [0.15, 0.2) is 0 Å². The minimum absolute atomic E-state index is 0.566. The van der Waals surface area contributed by atoms with Crippen LogP contribution in [0.25, 0.3) is 0 Å². The number of ether oxygens (including phenoxy) is 1. The van der Waals surface area contributed by atoms with Crippen LogP contribution in [-0.2, 0) is 14.3 Å². The lowest BCUT2D eigenvalue weighted by Gasteiger charge is -2.22. The van der Waals surface area contributed by atoms with Crippen LogP contribution < -0.4 is 10.6 Å². The lowest BCUT2D eigenvalue weighted by molar-refractivity contribution is -0.142. The lowest BCUT2D eigenvalue weighted by Crippen LogP contribution is -2.53. The molecule has 0 aliphatic heterocycles. The molecule has 0 aromatic heterocycles. The third kappa shape index (κ3) is 6.63. The van der Waals surface area contributed by atoms with E-state index in [-0.39, 0.29) is 0 Å². The van der Waals surface area contributed by atoms with Gasteiger partial charge in [0, 0.05) is 6.92 Å². The molecule has 0 rings (SSSR count). The number of amides is 2. The standard InChI is InChI=1S/C9H16N2O5/c1-5(12)10-6(7(13)14)11-8(15)16-9(2,3)4/h6H,1-4H3,(H,10,12)(H,11,15)(H,13,14). The molecule has 0 bridgehead atoms. The Kier molecular flexibility index (Phi) is 4.74. The minimum Gasteiger partial charge on any atom is -0.478 e. The minimum atomic E-state index is -1.49. The molecule has 7 nitrogen and oxygen atoms in total. The van der Waals surface area contributed by atoms with Gasteiger partial charge in [-0.25, -0.2) is 9.59 Å². The second kappa shape index (κ2) is 5.34. The number of hydrogen-bond acceptors (Lipinski definition) is 4. The first-order valence-corrected chi connectivity index (χ1v) is 4.61. The van der Waals surface area contributed by atoms with Gasteiger partial charge in [0.05, 0.1) is 0 Å². The molecule has 16 heavy (non-hydrogen) atoms. The first kappa shape index (κ1) is 14.2. The summed E-state index contributed by atoms with van der Waals surface area (Å²) in [6.45, 7) is 6.06. The Bertz CT molecular complexity index is 295. The third-order valence-corrected chi connectivity index (χ3v) is 1.26. The van der Waals surface area contributed by atoms with Crippen molar-refractivity contribution in [1.82, 2.24) is 10.6 Å². The highest BCUT2D eigenvalue weighted by Gasteiger charge is 2.24. The molecule has 1 unspecified atom stereocenters. The fraction of sp³-hybridized carbons (Fsp3) is 0.667. The number of aliphatic carboxylic acids is 1. The van der Waals surface area contributed by atoms with E-state index in [1.54, 1.807) is 20.8 Å². The zero-order valence-corrected chi connectivity index (χ0v) is 9.66. The highest BCUT2D eigenvalue weighted by Crippen LogP contribution is 2.06. The fourth-order valence-electron chi connectivity index (χ4n) is 0.788. The van der Waals surface area contributed by atoms with Gasteiger partial charge in [-0.15, -0.1) is 0 Å². The highest BCUT2D eigenvalue weighted by molar-refractivity contribution is 5.85. The first-order chi connectivity index (χ1) is 7.11. The molecule has 0 aliphatic carbocycles.